The molecule has 1 aromatic carbocycles. The van der Waals surface area contributed by atoms with Crippen molar-refractivity contribution < 1.29 is 14.7 Å². The molecule has 0 radical (unpaired) electrons. The number of hydrogen-bond donors (Lipinski definition) is 3. The van der Waals surface area contributed by atoms with E-state index in [1.807, 2.05) is 0 Å². The summed E-state index contributed by atoms with van der Waals surface area (Å²) in [6.45, 7) is 0.921. The molecule has 0 heterocycles. The summed E-state index contributed by atoms with van der Waals surface area (Å²) in [6.07, 6.45) is 0. The first kappa shape index (κ1) is 15.0. The van der Waals surface area contributed by atoms with Crippen LogP contribution in [0.5, 0.6) is 0 Å². The van der Waals surface area contributed by atoms with Gasteiger partial charge in [-0.3, -0.25) is 9.59 Å². The molecule has 0 aliphatic carbocycles. The van der Waals surface area contributed by atoms with E-state index >= 15 is 0 Å². The van der Waals surface area contributed by atoms with E-state index in [2.05, 4.69) is 22.5 Å². The molecule has 0 aliphatic rings. The molecule has 0 aliphatic heterocycles. The average Bonchev–Trinajstić information content (AvgIpc) is 2.36. The summed E-state index contributed by atoms with van der Waals surface area (Å²) in [5.41, 5.74) is 0.971. The number of nitrogens with one attached hydrogen (secondary N) is 2. The van der Waals surface area contributed by atoms with Crippen molar-refractivity contribution in [3.05, 3.63) is 28.8 Å². The molecule has 5 nitrogen and oxygen atoms in total. The molecule has 2 amide bonds. The maximum Gasteiger partial charge on any atom is 0.243 e. The lowest BCUT2D eigenvalue weighted by Crippen LogP contribution is -2.31. The lowest BCUT2D eigenvalue weighted by atomic mass is 10.2. The van der Waals surface area contributed by atoms with E-state index in [9.17, 15) is 9.59 Å². The van der Waals surface area contributed by atoms with Gasteiger partial charge in [0.15, 0.2) is 0 Å². The topological polar surface area (TPSA) is 78.4 Å². The van der Waals surface area contributed by atoms with Crippen molar-refractivity contribution in [2.24, 2.45) is 0 Å². The molecular formula is C13H13ClN2O3. The van der Waals surface area contributed by atoms with E-state index < -0.39 is 0 Å². The summed E-state index contributed by atoms with van der Waals surface area (Å²) >= 11 is 5.84. The van der Waals surface area contributed by atoms with Gasteiger partial charge < -0.3 is 15.7 Å². The number of carbonyl (C=O) groups excluding carboxylic acids is 2. The minimum atomic E-state index is -0.371. The molecule has 100 valence electrons. The highest BCUT2D eigenvalue weighted by atomic mass is 35.5. The van der Waals surface area contributed by atoms with Gasteiger partial charge in [0.2, 0.25) is 11.8 Å². The quantitative estimate of drug-likeness (QED) is 0.715. The van der Waals surface area contributed by atoms with Crippen molar-refractivity contribution in [1.82, 2.24) is 5.32 Å². The Bertz CT molecular complexity index is 547. The molecule has 0 atom stereocenters. The maximum atomic E-state index is 11.6. The summed E-state index contributed by atoms with van der Waals surface area (Å²) in [7, 11) is 0. The standard InChI is InChI=1S/C13H13ClN2O3/c1-9(18)15-8-13(19)16-12-5-4-11(14)7-10(12)3-2-6-17/h4-5,7,17H,6,8H2,1H3,(H,15,18)(H,16,19). The first-order valence-electron chi connectivity index (χ1n) is 5.46. The zero-order chi connectivity index (χ0) is 14.3. The largest absolute Gasteiger partial charge is 0.384 e. The van der Waals surface area contributed by atoms with Gasteiger partial charge in [0.1, 0.15) is 6.61 Å². The molecule has 0 bridgehead atoms. The van der Waals surface area contributed by atoms with Gasteiger partial charge in [0.05, 0.1) is 12.2 Å². The molecule has 0 unspecified atom stereocenters. The fourth-order valence-corrected chi connectivity index (χ4v) is 1.43. The Morgan fingerprint density at radius 1 is 1.42 bits per heavy atom. The first-order chi connectivity index (χ1) is 9.02. The van der Waals surface area contributed by atoms with E-state index in [-0.39, 0.29) is 25.0 Å². The predicted molar refractivity (Wildman–Crippen MR) is 72.7 cm³/mol. The minimum Gasteiger partial charge on any atom is -0.384 e. The molecular weight excluding hydrogens is 268 g/mol. The summed E-state index contributed by atoms with van der Waals surface area (Å²) in [4.78, 5) is 22.3. The van der Waals surface area contributed by atoms with Gasteiger partial charge in [-0.05, 0) is 18.2 Å². The van der Waals surface area contributed by atoms with E-state index in [0.29, 0.717) is 16.3 Å². The van der Waals surface area contributed by atoms with Crippen LogP contribution < -0.4 is 10.6 Å². The van der Waals surface area contributed by atoms with Crippen LogP contribution in [0.25, 0.3) is 0 Å². The van der Waals surface area contributed by atoms with Crippen molar-refractivity contribution in [3.63, 3.8) is 0 Å². The molecule has 1 rings (SSSR count). The van der Waals surface area contributed by atoms with Crippen LogP contribution in [-0.2, 0) is 9.59 Å². The second-order valence-corrected chi connectivity index (χ2v) is 4.04. The van der Waals surface area contributed by atoms with Crippen LogP contribution in [0.15, 0.2) is 18.2 Å². The fraction of sp³-hybridized carbons (Fsp3) is 0.231. The number of halogens is 1. The number of carbonyl (C=O) groups is 2. The van der Waals surface area contributed by atoms with Gasteiger partial charge in [-0.1, -0.05) is 23.4 Å². The normalized spacial score (nSPS) is 9.21. The number of anilines is 1. The fourth-order valence-electron chi connectivity index (χ4n) is 1.26. The smallest absolute Gasteiger partial charge is 0.243 e. The Balaban J connectivity index is 2.82. The van der Waals surface area contributed by atoms with Gasteiger partial charge >= 0.3 is 0 Å². The summed E-state index contributed by atoms with van der Waals surface area (Å²) in [6, 6.07) is 4.80. The summed E-state index contributed by atoms with van der Waals surface area (Å²) in [5.74, 6) is 4.51. The van der Waals surface area contributed by atoms with Crippen LogP contribution >= 0.6 is 11.6 Å². The van der Waals surface area contributed by atoms with Crippen molar-refractivity contribution in [2.75, 3.05) is 18.5 Å². The van der Waals surface area contributed by atoms with Crippen LogP contribution in [0.3, 0.4) is 0 Å². The van der Waals surface area contributed by atoms with Crippen LogP contribution in [0.1, 0.15) is 12.5 Å². The molecule has 0 saturated carbocycles. The maximum absolute atomic E-state index is 11.6. The molecule has 1 aromatic rings. The van der Waals surface area contributed by atoms with Crippen molar-refractivity contribution in [2.45, 2.75) is 6.92 Å². The average molecular weight is 281 g/mol. The molecule has 0 spiro atoms. The number of aliphatic hydroxyl groups excluding tert-OH is 1. The summed E-state index contributed by atoms with van der Waals surface area (Å²) in [5, 5.41) is 14.1. The monoisotopic (exact) mass is 280 g/mol. The van der Waals surface area contributed by atoms with Crippen molar-refractivity contribution in [3.8, 4) is 11.8 Å². The number of aliphatic hydroxyl groups is 1. The number of amides is 2. The highest BCUT2D eigenvalue weighted by molar-refractivity contribution is 6.30. The second kappa shape index (κ2) is 7.41. The molecule has 19 heavy (non-hydrogen) atoms. The second-order valence-electron chi connectivity index (χ2n) is 3.61. The third-order valence-electron chi connectivity index (χ3n) is 2.06. The lowest BCUT2D eigenvalue weighted by Gasteiger charge is -2.08. The molecule has 0 fully saturated rings. The van der Waals surface area contributed by atoms with E-state index in [0.717, 1.165) is 0 Å². The first-order valence-corrected chi connectivity index (χ1v) is 5.84. The van der Waals surface area contributed by atoms with Crippen LogP contribution in [0, 0.1) is 11.8 Å². The van der Waals surface area contributed by atoms with Crippen LogP contribution in [0.2, 0.25) is 5.02 Å². The van der Waals surface area contributed by atoms with Crippen LogP contribution in [-0.4, -0.2) is 30.1 Å². The number of benzene rings is 1. The SMILES string of the molecule is CC(=O)NCC(=O)Nc1ccc(Cl)cc1C#CCO. The Kier molecular flexibility index (Phi) is 5.86. The number of hydrogen-bond acceptors (Lipinski definition) is 3. The zero-order valence-electron chi connectivity index (χ0n) is 10.3. The van der Waals surface area contributed by atoms with E-state index in [1.54, 1.807) is 18.2 Å². The molecule has 0 saturated heterocycles. The highest BCUT2D eigenvalue weighted by Gasteiger charge is 2.06. The van der Waals surface area contributed by atoms with Gasteiger partial charge in [-0.2, -0.15) is 0 Å². The van der Waals surface area contributed by atoms with Gasteiger partial charge in [-0.15, -0.1) is 0 Å². The Morgan fingerprint density at radius 2 is 2.16 bits per heavy atom. The highest BCUT2D eigenvalue weighted by Crippen LogP contribution is 2.19. The summed E-state index contributed by atoms with van der Waals surface area (Å²) < 4.78 is 0. The van der Waals surface area contributed by atoms with E-state index in [4.69, 9.17) is 16.7 Å². The molecule has 0 aromatic heterocycles. The number of rotatable bonds is 3. The molecule has 3 N–H and O–H groups in total. The van der Waals surface area contributed by atoms with Gasteiger partial charge in [0, 0.05) is 17.5 Å². The zero-order valence-corrected chi connectivity index (χ0v) is 11.0. The third-order valence-corrected chi connectivity index (χ3v) is 2.29. The third kappa shape index (κ3) is 5.42. The van der Waals surface area contributed by atoms with Gasteiger partial charge in [-0.25, -0.2) is 0 Å². The Hall–Kier alpha value is -2.03. The lowest BCUT2D eigenvalue weighted by molar-refractivity contribution is -0.122. The molecule has 6 heteroatoms. The predicted octanol–water partition coefficient (Wildman–Crippen LogP) is 0.758. The van der Waals surface area contributed by atoms with Crippen molar-refractivity contribution in [1.29, 1.82) is 0 Å². The van der Waals surface area contributed by atoms with Gasteiger partial charge in [0.25, 0.3) is 0 Å². The Morgan fingerprint density at radius 3 is 2.79 bits per heavy atom. The minimum absolute atomic E-state index is 0.120. The van der Waals surface area contributed by atoms with Crippen LogP contribution in [0.4, 0.5) is 5.69 Å². The Labute approximate surface area is 116 Å². The van der Waals surface area contributed by atoms with E-state index in [1.165, 1.54) is 6.92 Å². The van der Waals surface area contributed by atoms with Crippen molar-refractivity contribution >= 4 is 29.1 Å².